The molecule has 0 aliphatic rings. The first kappa shape index (κ1) is 12.7. The van der Waals surface area contributed by atoms with Crippen LogP contribution in [0.25, 0.3) is 0 Å². The monoisotopic (exact) mass is 252 g/mol. The molecular weight excluding hydrogens is 241 g/mol. The van der Waals surface area contributed by atoms with Gasteiger partial charge in [0.15, 0.2) is 0 Å². The van der Waals surface area contributed by atoms with Gasteiger partial charge in [-0.05, 0) is 29.7 Å². The molecule has 0 nitrogen and oxygen atoms in total. The summed E-state index contributed by atoms with van der Waals surface area (Å²) in [6, 6.07) is 4.63. The molecule has 1 rings (SSSR count). The Labute approximate surface area is 98.2 Å². The zero-order chi connectivity index (χ0) is 11.6. The predicted molar refractivity (Wildman–Crippen MR) is 60.0 cm³/mol. The molecule has 0 heterocycles. The lowest BCUT2D eigenvalue weighted by atomic mass is 9.89. The quantitative estimate of drug-likeness (QED) is 0.711. The van der Waals surface area contributed by atoms with Crippen LogP contribution in [-0.2, 0) is 0 Å². The Kier molecular flexibility index (Phi) is 4.35. The average molecular weight is 253 g/mol. The molecule has 0 aromatic heterocycles. The molecule has 0 N–H and O–H groups in total. The highest BCUT2D eigenvalue weighted by atomic mass is 35.5. The maximum atomic E-state index is 12.8. The van der Waals surface area contributed by atoms with Crippen LogP contribution in [0.2, 0.25) is 10.0 Å². The van der Waals surface area contributed by atoms with Gasteiger partial charge in [0.2, 0.25) is 6.43 Å². The van der Waals surface area contributed by atoms with Crippen LogP contribution in [0.1, 0.15) is 25.3 Å². The molecule has 0 aliphatic heterocycles. The topological polar surface area (TPSA) is 0 Å². The number of rotatable bonds is 3. The van der Waals surface area contributed by atoms with Crippen LogP contribution in [0.5, 0.6) is 0 Å². The molecule has 0 radical (unpaired) electrons. The molecule has 0 aliphatic carbocycles. The first-order chi connectivity index (χ1) is 6.91. The Morgan fingerprint density at radius 2 is 1.47 bits per heavy atom. The molecule has 1 aromatic carbocycles. The minimum atomic E-state index is -2.40. The zero-order valence-corrected chi connectivity index (χ0v) is 9.99. The molecule has 0 amide bonds. The van der Waals surface area contributed by atoms with Gasteiger partial charge in [0, 0.05) is 16.0 Å². The largest absolute Gasteiger partial charge is 0.245 e. The van der Waals surface area contributed by atoms with E-state index in [1.165, 1.54) is 6.07 Å². The summed E-state index contributed by atoms with van der Waals surface area (Å²) < 4.78 is 25.6. The van der Waals surface area contributed by atoms with E-state index in [-0.39, 0.29) is 5.92 Å². The summed E-state index contributed by atoms with van der Waals surface area (Å²) in [5.74, 6) is -0.972. The molecule has 15 heavy (non-hydrogen) atoms. The van der Waals surface area contributed by atoms with E-state index in [0.717, 1.165) is 0 Å². The summed E-state index contributed by atoms with van der Waals surface area (Å²) in [6.45, 7) is 3.51. The van der Waals surface area contributed by atoms with Crippen molar-refractivity contribution in [1.82, 2.24) is 0 Å². The van der Waals surface area contributed by atoms with Crippen LogP contribution >= 0.6 is 23.2 Å². The summed E-state index contributed by atoms with van der Waals surface area (Å²) >= 11 is 11.5. The standard InChI is InChI=1S/C11H12Cl2F2/c1-6(2)10(11(14)15)7-3-8(12)5-9(13)4-7/h3-6,10-11H,1-2H3/t10-/m1/s1. The fraction of sp³-hybridized carbons (Fsp3) is 0.455. The lowest BCUT2D eigenvalue weighted by Crippen LogP contribution is -2.15. The first-order valence-corrected chi connectivity index (χ1v) is 5.41. The molecule has 84 valence electrons. The first-order valence-electron chi connectivity index (χ1n) is 4.66. The lowest BCUT2D eigenvalue weighted by molar-refractivity contribution is 0.0934. The van der Waals surface area contributed by atoms with Crippen molar-refractivity contribution in [3.8, 4) is 0 Å². The van der Waals surface area contributed by atoms with Gasteiger partial charge >= 0.3 is 0 Å². The number of alkyl halides is 2. The number of hydrogen-bond acceptors (Lipinski definition) is 0. The van der Waals surface area contributed by atoms with Crippen molar-refractivity contribution in [2.75, 3.05) is 0 Å². The SMILES string of the molecule is CC(C)[C@H](c1cc(Cl)cc(Cl)c1)C(F)F. The summed E-state index contributed by atoms with van der Waals surface area (Å²) in [6.07, 6.45) is -2.40. The Balaban J connectivity index is 3.11. The molecule has 1 aromatic rings. The van der Waals surface area contributed by atoms with E-state index in [0.29, 0.717) is 15.6 Å². The molecule has 0 spiro atoms. The average Bonchev–Trinajstić information content (AvgIpc) is 1.99. The smallest absolute Gasteiger partial charge is 0.210 e. The normalized spacial score (nSPS) is 13.6. The highest BCUT2D eigenvalue weighted by Gasteiger charge is 2.26. The second kappa shape index (κ2) is 5.13. The van der Waals surface area contributed by atoms with Crippen molar-refractivity contribution in [3.63, 3.8) is 0 Å². The summed E-state index contributed by atoms with van der Waals surface area (Å²) in [5, 5.41) is 0.785. The van der Waals surface area contributed by atoms with E-state index in [4.69, 9.17) is 23.2 Å². The van der Waals surface area contributed by atoms with Crippen molar-refractivity contribution >= 4 is 23.2 Å². The van der Waals surface area contributed by atoms with Gasteiger partial charge in [-0.25, -0.2) is 8.78 Å². The molecular formula is C11H12Cl2F2. The van der Waals surface area contributed by atoms with E-state index in [2.05, 4.69) is 0 Å². The molecule has 1 atom stereocenters. The fourth-order valence-electron chi connectivity index (χ4n) is 1.59. The molecule has 0 saturated carbocycles. The molecule has 0 unspecified atom stereocenters. The van der Waals surface area contributed by atoms with Gasteiger partial charge in [-0.2, -0.15) is 0 Å². The van der Waals surface area contributed by atoms with Crippen molar-refractivity contribution < 1.29 is 8.78 Å². The van der Waals surface area contributed by atoms with Gasteiger partial charge in [0.1, 0.15) is 0 Å². The highest BCUT2D eigenvalue weighted by Crippen LogP contribution is 2.33. The van der Waals surface area contributed by atoms with Crippen LogP contribution in [0.4, 0.5) is 8.78 Å². The summed E-state index contributed by atoms with van der Waals surface area (Å²) in [4.78, 5) is 0. The third-order valence-electron chi connectivity index (χ3n) is 2.26. The van der Waals surface area contributed by atoms with Crippen LogP contribution < -0.4 is 0 Å². The van der Waals surface area contributed by atoms with Crippen molar-refractivity contribution in [1.29, 1.82) is 0 Å². The van der Waals surface area contributed by atoms with E-state index >= 15 is 0 Å². The Morgan fingerprint density at radius 3 is 1.80 bits per heavy atom. The lowest BCUT2D eigenvalue weighted by Gasteiger charge is -2.20. The second-order valence-electron chi connectivity index (χ2n) is 3.81. The van der Waals surface area contributed by atoms with Crippen LogP contribution in [0.3, 0.4) is 0 Å². The van der Waals surface area contributed by atoms with Crippen LogP contribution in [-0.4, -0.2) is 6.43 Å². The van der Waals surface area contributed by atoms with E-state index in [1.807, 2.05) is 0 Å². The second-order valence-corrected chi connectivity index (χ2v) is 4.68. The Bertz CT molecular complexity index is 309. The van der Waals surface area contributed by atoms with Gasteiger partial charge in [-0.1, -0.05) is 37.0 Å². The van der Waals surface area contributed by atoms with E-state index in [9.17, 15) is 8.78 Å². The van der Waals surface area contributed by atoms with Gasteiger partial charge in [0.05, 0.1) is 0 Å². The molecule has 4 heteroatoms. The Morgan fingerprint density at radius 1 is 1.00 bits per heavy atom. The minimum absolute atomic E-state index is 0.153. The minimum Gasteiger partial charge on any atom is -0.210 e. The molecule has 0 saturated heterocycles. The van der Waals surface area contributed by atoms with E-state index in [1.54, 1.807) is 26.0 Å². The third kappa shape index (κ3) is 3.32. The zero-order valence-electron chi connectivity index (χ0n) is 8.48. The van der Waals surface area contributed by atoms with Crippen LogP contribution in [0, 0.1) is 5.92 Å². The van der Waals surface area contributed by atoms with Gasteiger partial charge in [-0.15, -0.1) is 0 Å². The Hall–Kier alpha value is -0.340. The maximum absolute atomic E-state index is 12.8. The highest BCUT2D eigenvalue weighted by molar-refractivity contribution is 6.34. The number of hydrogen-bond donors (Lipinski definition) is 0. The number of benzene rings is 1. The van der Waals surface area contributed by atoms with Crippen molar-refractivity contribution in [2.45, 2.75) is 26.2 Å². The predicted octanol–water partition coefficient (Wildman–Crippen LogP) is 5.00. The van der Waals surface area contributed by atoms with Gasteiger partial charge < -0.3 is 0 Å². The van der Waals surface area contributed by atoms with Crippen LogP contribution in [0.15, 0.2) is 18.2 Å². The summed E-state index contributed by atoms with van der Waals surface area (Å²) in [7, 11) is 0. The fourth-order valence-corrected chi connectivity index (χ4v) is 2.13. The van der Waals surface area contributed by atoms with Gasteiger partial charge in [0.25, 0.3) is 0 Å². The molecule has 0 bridgehead atoms. The van der Waals surface area contributed by atoms with Gasteiger partial charge in [-0.3, -0.25) is 0 Å². The summed E-state index contributed by atoms with van der Waals surface area (Å²) in [5.41, 5.74) is 0.498. The van der Waals surface area contributed by atoms with Crippen molar-refractivity contribution in [3.05, 3.63) is 33.8 Å². The number of halogens is 4. The van der Waals surface area contributed by atoms with E-state index < -0.39 is 12.3 Å². The third-order valence-corrected chi connectivity index (χ3v) is 2.70. The maximum Gasteiger partial charge on any atom is 0.245 e. The molecule has 0 fully saturated rings. The van der Waals surface area contributed by atoms with Crippen molar-refractivity contribution in [2.24, 2.45) is 5.92 Å².